The summed E-state index contributed by atoms with van der Waals surface area (Å²) in [4.78, 5) is 10.0. The molecule has 0 radical (unpaired) electrons. The summed E-state index contributed by atoms with van der Waals surface area (Å²) >= 11 is 0. The van der Waals surface area contributed by atoms with Gasteiger partial charge in [0.05, 0.1) is 14.6 Å². The van der Waals surface area contributed by atoms with E-state index >= 15 is 0 Å². The van der Waals surface area contributed by atoms with Gasteiger partial charge in [-0.3, -0.25) is 0 Å². The molecule has 1 aromatic carbocycles. The molecule has 0 aliphatic rings. The summed E-state index contributed by atoms with van der Waals surface area (Å²) in [7, 11) is -5.30. The van der Waals surface area contributed by atoms with Crippen molar-refractivity contribution in [1.29, 1.82) is 1.43 Å². The van der Waals surface area contributed by atoms with Crippen molar-refractivity contribution in [3.63, 3.8) is 0 Å². The molecule has 1 rings (SSSR count). The highest BCUT2D eigenvalue weighted by atomic mass is 32.2. The molecule has 0 spiro atoms. The number of hydrogen-bond acceptors (Lipinski definition) is 5. The highest BCUT2D eigenvalue weighted by Gasteiger charge is 2.12. The van der Waals surface area contributed by atoms with Crippen molar-refractivity contribution in [2.75, 3.05) is 11.9 Å². The number of nitrogens with two attached hydrogens (primary N) is 1. The summed E-state index contributed by atoms with van der Waals surface area (Å²) in [6, 6.07) is -3.66. The molecule has 0 atom stereocenters. The topological polar surface area (TPSA) is 97.5 Å². The number of carboxylic acid groups (broad SMARTS) is 1. The van der Waals surface area contributed by atoms with E-state index in [0.717, 1.165) is 0 Å². The Kier molecular flexibility index (Phi) is 0.835. The highest BCUT2D eigenvalue weighted by Crippen LogP contribution is 2.16. The van der Waals surface area contributed by atoms with E-state index in [9.17, 15) is 13.2 Å². The Morgan fingerprint density at radius 1 is 1.71 bits per heavy atom. The van der Waals surface area contributed by atoms with Crippen LogP contribution in [-0.4, -0.2) is 25.7 Å². The first-order valence-corrected chi connectivity index (χ1v) is 4.61. The number of sulfone groups is 1. The fraction of sp³-hybridized carbons (Fsp3) is 0.125. The molecule has 0 aromatic heterocycles. The number of anilines is 1. The summed E-state index contributed by atoms with van der Waals surface area (Å²) in [6.07, 6.45) is -3.68. The van der Waals surface area contributed by atoms with E-state index in [-0.39, 0.29) is 5.72 Å². The van der Waals surface area contributed by atoms with Gasteiger partial charge in [-0.1, -0.05) is 0 Å². The second-order valence-electron chi connectivity index (χ2n) is 2.22. The molecular weight excluding hydrogens is 206 g/mol. The van der Waals surface area contributed by atoms with Crippen LogP contribution in [-0.2, 0) is 9.84 Å². The van der Waals surface area contributed by atoms with Crippen LogP contribution in [0.1, 0.15) is 18.6 Å². The fourth-order valence-corrected chi connectivity index (χ4v) is 1.14. The lowest BCUT2D eigenvalue weighted by Crippen LogP contribution is -2.03. The summed E-state index contributed by atoms with van der Waals surface area (Å²) in [5.41, 5.74) is -2.56. The number of hydrogen-bond donors (Lipinski definition) is 2. The third kappa shape index (κ3) is 2.23. The number of carbonyl (C=O) groups is 1. The quantitative estimate of drug-likeness (QED) is 0.723. The van der Waals surface area contributed by atoms with Crippen LogP contribution >= 0.6 is 0 Å². The molecule has 0 fully saturated rings. The summed E-state index contributed by atoms with van der Waals surface area (Å²) < 4.78 is 88.6. The Bertz CT molecular complexity index is 758. The fourth-order valence-electron chi connectivity index (χ4n) is 0.670. The van der Waals surface area contributed by atoms with Gasteiger partial charge < -0.3 is 10.8 Å². The second kappa shape index (κ2) is 3.30. The van der Waals surface area contributed by atoms with Gasteiger partial charge in [0.25, 0.3) is 1.43 Å². The lowest BCUT2D eigenvalue weighted by atomic mass is 10.2. The molecule has 6 heteroatoms. The molecule has 14 heavy (non-hydrogen) atoms. The minimum absolute atomic E-state index is 0.372. The first kappa shape index (κ1) is 3.54. The Hall–Kier alpha value is -1.56. The average molecular weight is 224 g/mol. The van der Waals surface area contributed by atoms with Crippen molar-refractivity contribution in [3.05, 3.63) is 23.7 Å². The minimum Gasteiger partial charge on any atom is -0.478 e. The van der Waals surface area contributed by atoms with E-state index < -0.39 is 56.3 Å². The molecule has 0 unspecified atom stereocenters. The van der Waals surface area contributed by atoms with Gasteiger partial charge in [0.15, 0.2) is 12.7 Å². The zero-order valence-electron chi connectivity index (χ0n) is 15.5. The van der Waals surface area contributed by atoms with Gasteiger partial charge in [-0.2, -0.15) is 0 Å². The van der Waals surface area contributed by atoms with Gasteiger partial charge in [0.2, 0.25) is 0 Å². The van der Waals surface area contributed by atoms with Gasteiger partial charge in [-0.25, -0.2) is 13.2 Å². The van der Waals surface area contributed by atoms with Gasteiger partial charge in [-0.15, -0.1) is 0 Å². The molecule has 5 nitrogen and oxygen atoms in total. The average Bonchev–Trinajstić information content (AvgIpc) is 2.35. The number of rotatable bonds is 3. The predicted octanol–water partition coefficient (Wildman–Crippen LogP) is 0.371. The standard InChI is InChI=1S/C8H9NO4S/c1-14(12,13)7-3-5(8(10)11)2-6(9)4-7/h2-4H,9H2,1H3,(H,10,11)/i1D3,2D,3D,4D/hD3. The van der Waals surface area contributed by atoms with Crippen LogP contribution in [0.3, 0.4) is 0 Å². The van der Waals surface area contributed by atoms with Gasteiger partial charge in [0, 0.05) is 16.0 Å². The first-order valence-electron chi connectivity index (χ1n) is 7.43. The van der Waals surface area contributed by atoms with E-state index in [1.54, 1.807) is 0 Å². The van der Waals surface area contributed by atoms with Crippen LogP contribution in [0, 0.1) is 0 Å². The maximum atomic E-state index is 12.0. The molecular formula is C8H9NO4S. The summed E-state index contributed by atoms with van der Waals surface area (Å²) in [5.74, 6) is -1.66. The number of carboxylic acids is 1. The van der Waals surface area contributed by atoms with Crippen LogP contribution < -0.4 is 5.72 Å². The van der Waals surface area contributed by atoms with E-state index in [2.05, 4.69) is 5.11 Å². The first-order chi connectivity index (χ1) is 10.3. The van der Waals surface area contributed by atoms with E-state index in [1.807, 2.05) is 0 Å². The zero-order chi connectivity index (χ0) is 18.3. The van der Waals surface area contributed by atoms with Crippen molar-refractivity contribution < 1.29 is 29.4 Å². The van der Waals surface area contributed by atoms with E-state index in [4.69, 9.17) is 12.5 Å². The third-order valence-electron chi connectivity index (χ3n) is 1.19. The van der Waals surface area contributed by atoms with Gasteiger partial charge in [-0.05, 0) is 18.1 Å². The Labute approximate surface area is 93.9 Å². The summed E-state index contributed by atoms with van der Waals surface area (Å²) in [6.45, 7) is 0. The maximum absolute atomic E-state index is 12.0. The largest absolute Gasteiger partial charge is 0.478 e. The monoisotopic (exact) mass is 224 g/mol. The Morgan fingerprint density at radius 3 is 3.07 bits per heavy atom. The lowest BCUT2D eigenvalue weighted by Gasteiger charge is -2.02. The Morgan fingerprint density at radius 2 is 2.50 bits per heavy atom. The molecule has 0 saturated carbocycles. The molecule has 0 amide bonds. The molecule has 3 N–H and O–H groups in total. The molecule has 0 heterocycles. The predicted molar refractivity (Wildman–Crippen MR) is 50.9 cm³/mol. The second-order valence-corrected chi connectivity index (χ2v) is 3.63. The highest BCUT2D eigenvalue weighted by molar-refractivity contribution is 7.90. The van der Waals surface area contributed by atoms with Crippen LogP contribution in [0.4, 0.5) is 5.69 Å². The minimum atomic E-state index is -5.30. The zero-order valence-corrected chi connectivity index (χ0v) is 7.30. The van der Waals surface area contributed by atoms with Crippen LogP contribution in [0.15, 0.2) is 23.0 Å². The smallest absolute Gasteiger partial charge is 0.335 e. The normalized spacial score (nSPS) is 20.7. The summed E-state index contributed by atoms with van der Waals surface area (Å²) in [5, 5.41) is 3.56. The van der Waals surface area contributed by atoms with E-state index in [0.29, 0.717) is 0 Å². The molecule has 1 aromatic rings. The van der Waals surface area contributed by atoms with Crippen molar-refractivity contribution in [2.24, 2.45) is 0 Å². The van der Waals surface area contributed by atoms with Crippen LogP contribution in [0.2, 0.25) is 2.82 Å². The maximum Gasteiger partial charge on any atom is 0.335 e. The number of aromatic carboxylic acids is 1. The third-order valence-corrected chi connectivity index (χ3v) is 1.93. The van der Waals surface area contributed by atoms with Crippen molar-refractivity contribution in [1.82, 2.24) is 0 Å². The van der Waals surface area contributed by atoms with Crippen LogP contribution in [0.25, 0.3) is 1.43 Å². The molecule has 76 valence electrons. The number of nitrogen functional groups attached to an aromatic ring is 1. The molecule has 0 aliphatic heterocycles. The van der Waals surface area contributed by atoms with Gasteiger partial charge in [0.1, 0.15) is 0 Å². The molecule has 0 bridgehead atoms. The Balaban J connectivity index is 4.08. The van der Waals surface area contributed by atoms with E-state index in [1.165, 1.54) is 0 Å². The van der Waals surface area contributed by atoms with Gasteiger partial charge >= 0.3 is 5.97 Å². The van der Waals surface area contributed by atoms with Crippen molar-refractivity contribution >= 4 is 21.5 Å². The SMILES string of the molecule is [2H]OC(=O)c1c([2H])c(N([2H])[2H])c([2H])c(S(=O)(=O)C([2H])([2H])[2H])c1[2H]. The molecule has 0 saturated heterocycles. The number of benzene rings is 1. The molecule has 0 aliphatic carbocycles. The lowest BCUT2D eigenvalue weighted by molar-refractivity contribution is 0.0696. The van der Waals surface area contributed by atoms with Crippen molar-refractivity contribution in [3.8, 4) is 0 Å². The van der Waals surface area contributed by atoms with Crippen molar-refractivity contribution in [2.45, 2.75) is 4.90 Å². The van der Waals surface area contributed by atoms with Crippen LogP contribution in [0.5, 0.6) is 0 Å².